The number of rotatable bonds is 4. The molecule has 0 amide bonds. The van der Waals surface area contributed by atoms with Crippen molar-refractivity contribution in [3.8, 4) is 22.5 Å². The Labute approximate surface area is 171 Å². The van der Waals surface area contributed by atoms with Crippen LogP contribution in [0, 0.1) is 39.3 Å². The summed E-state index contributed by atoms with van der Waals surface area (Å²) in [5.74, 6) is -0.339. The maximum absolute atomic E-state index is 14.6. The van der Waals surface area contributed by atoms with Crippen molar-refractivity contribution in [3.63, 3.8) is 0 Å². The summed E-state index contributed by atoms with van der Waals surface area (Å²) in [4.78, 5) is 0. The number of aliphatic hydroxyl groups excluding tert-OH is 1. The fraction of sp³-hybridized carbons (Fsp3) is 0.217. The number of hydrogen-bond donors (Lipinski definition) is 1. The average Bonchev–Trinajstić information content (AvgIpc) is 3.24. The standard InChI is InChI=1S/C23H20F2N2O3/c1-11-5-7-15(17(24)9-11)21-19(13(3)29-26-21)23(28)20-14(4)30-27-22(20)16-8-6-12(2)10-18(16)25/h5-10,23,28H,1-4H3. The van der Waals surface area contributed by atoms with Gasteiger partial charge in [-0.25, -0.2) is 8.78 Å². The molecular formula is C23H20F2N2O3. The van der Waals surface area contributed by atoms with Gasteiger partial charge in [-0.05, 0) is 63.1 Å². The summed E-state index contributed by atoms with van der Waals surface area (Å²) in [7, 11) is 0. The van der Waals surface area contributed by atoms with Crippen molar-refractivity contribution in [1.29, 1.82) is 0 Å². The minimum absolute atomic E-state index is 0.174. The summed E-state index contributed by atoms with van der Waals surface area (Å²) in [5.41, 5.74) is 2.81. The SMILES string of the molecule is Cc1ccc(-c2noc(C)c2C(O)c2c(-c3ccc(C)cc3F)noc2C)c(F)c1. The third-order valence-electron chi connectivity index (χ3n) is 5.12. The van der Waals surface area contributed by atoms with Crippen LogP contribution < -0.4 is 0 Å². The van der Waals surface area contributed by atoms with Crippen molar-refractivity contribution < 1.29 is 22.9 Å². The lowest BCUT2D eigenvalue weighted by Gasteiger charge is -2.13. The Balaban J connectivity index is 1.87. The molecule has 0 saturated carbocycles. The van der Waals surface area contributed by atoms with Crippen molar-refractivity contribution in [2.45, 2.75) is 33.8 Å². The molecule has 4 aromatic rings. The van der Waals surface area contributed by atoms with Gasteiger partial charge in [0.05, 0.1) is 11.1 Å². The summed E-state index contributed by atoms with van der Waals surface area (Å²) in [6, 6.07) is 9.42. The van der Waals surface area contributed by atoms with Gasteiger partial charge in [0.25, 0.3) is 0 Å². The third-order valence-corrected chi connectivity index (χ3v) is 5.12. The molecule has 2 aromatic carbocycles. The molecule has 154 valence electrons. The summed E-state index contributed by atoms with van der Waals surface area (Å²) in [6.07, 6.45) is -1.31. The van der Waals surface area contributed by atoms with E-state index < -0.39 is 17.7 Å². The van der Waals surface area contributed by atoms with Crippen molar-refractivity contribution in [1.82, 2.24) is 10.3 Å². The summed E-state index contributed by atoms with van der Waals surface area (Å²) >= 11 is 0. The van der Waals surface area contributed by atoms with Crippen LogP contribution in [0.1, 0.15) is 39.9 Å². The largest absolute Gasteiger partial charge is 0.383 e. The maximum atomic E-state index is 14.6. The zero-order chi connectivity index (χ0) is 21.6. The number of halogens is 2. The van der Waals surface area contributed by atoms with Crippen LogP contribution in [0.4, 0.5) is 8.78 Å². The molecule has 0 aliphatic rings. The van der Waals surface area contributed by atoms with Gasteiger partial charge in [0.2, 0.25) is 0 Å². The van der Waals surface area contributed by atoms with E-state index in [4.69, 9.17) is 9.05 Å². The Bertz CT molecular complexity index is 1150. The molecule has 7 heteroatoms. The van der Waals surface area contributed by atoms with Gasteiger partial charge < -0.3 is 14.2 Å². The number of aryl methyl sites for hydroxylation is 4. The maximum Gasteiger partial charge on any atom is 0.140 e. The van der Waals surface area contributed by atoms with Crippen LogP contribution in [0.3, 0.4) is 0 Å². The van der Waals surface area contributed by atoms with Gasteiger partial charge in [0.15, 0.2) is 0 Å². The topological polar surface area (TPSA) is 72.3 Å². The lowest BCUT2D eigenvalue weighted by Crippen LogP contribution is -2.05. The van der Waals surface area contributed by atoms with E-state index in [1.807, 2.05) is 0 Å². The molecule has 5 nitrogen and oxygen atoms in total. The number of nitrogens with zero attached hydrogens (tertiary/aromatic N) is 2. The van der Waals surface area contributed by atoms with Crippen LogP contribution in [0.15, 0.2) is 45.4 Å². The Morgan fingerprint density at radius 3 is 1.50 bits per heavy atom. The van der Waals surface area contributed by atoms with Crippen molar-refractivity contribution in [2.75, 3.05) is 0 Å². The van der Waals surface area contributed by atoms with Gasteiger partial charge in [-0.15, -0.1) is 0 Å². The van der Waals surface area contributed by atoms with Crippen LogP contribution in [0.2, 0.25) is 0 Å². The number of aliphatic hydroxyl groups is 1. The normalized spacial score (nSPS) is 11.5. The highest BCUT2D eigenvalue weighted by Gasteiger charge is 2.31. The van der Waals surface area contributed by atoms with Gasteiger partial charge in [0.1, 0.15) is 40.6 Å². The highest BCUT2D eigenvalue weighted by Crippen LogP contribution is 2.40. The van der Waals surface area contributed by atoms with Crippen molar-refractivity contribution in [3.05, 3.63) is 81.8 Å². The molecule has 0 atom stereocenters. The van der Waals surface area contributed by atoms with E-state index in [9.17, 15) is 13.9 Å². The van der Waals surface area contributed by atoms with Crippen LogP contribution in [0.25, 0.3) is 22.5 Å². The summed E-state index contributed by atoms with van der Waals surface area (Å²) in [6.45, 7) is 6.80. The molecule has 0 aliphatic heterocycles. The second-order valence-corrected chi connectivity index (χ2v) is 7.37. The zero-order valence-corrected chi connectivity index (χ0v) is 17.0. The zero-order valence-electron chi connectivity index (χ0n) is 17.0. The van der Waals surface area contributed by atoms with E-state index in [1.165, 1.54) is 12.1 Å². The lowest BCUT2D eigenvalue weighted by atomic mass is 9.93. The Morgan fingerprint density at radius 2 is 1.13 bits per heavy atom. The first-order chi connectivity index (χ1) is 14.3. The van der Waals surface area contributed by atoms with Crippen LogP contribution in [-0.4, -0.2) is 15.4 Å². The molecule has 1 N–H and O–H groups in total. The van der Waals surface area contributed by atoms with E-state index in [0.29, 0.717) is 11.5 Å². The summed E-state index contributed by atoms with van der Waals surface area (Å²) in [5, 5.41) is 19.2. The fourth-order valence-electron chi connectivity index (χ4n) is 3.56. The number of aromatic nitrogens is 2. The molecule has 0 aliphatic carbocycles. The molecule has 0 bridgehead atoms. The molecule has 0 fully saturated rings. The highest BCUT2D eigenvalue weighted by atomic mass is 19.1. The van der Waals surface area contributed by atoms with Crippen molar-refractivity contribution >= 4 is 0 Å². The number of hydrogen-bond acceptors (Lipinski definition) is 5. The van der Waals surface area contributed by atoms with E-state index in [2.05, 4.69) is 10.3 Å². The van der Waals surface area contributed by atoms with Crippen LogP contribution in [0.5, 0.6) is 0 Å². The first-order valence-electron chi connectivity index (χ1n) is 9.41. The second-order valence-electron chi connectivity index (χ2n) is 7.37. The Kier molecular flexibility index (Phi) is 4.99. The lowest BCUT2D eigenvalue weighted by molar-refractivity contribution is 0.216. The molecule has 2 heterocycles. The van der Waals surface area contributed by atoms with Gasteiger partial charge in [-0.1, -0.05) is 22.4 Å². The molecule has 0 radical (unpaired) electrons. The Morgan fingerprint density at radius 1 is 0.733 bits per heavy atom. The van der Waals surface area contributed by atoms with Crippen LogP contribution >= 0.6 is 0 Å². The predicted octanol–water partition coefficient (Wildman–Crippen LogP) is 5.59. The van der Waals surface area contributed by atoms with Gasteiger partial charge in [-0.3, -0.25) is 0 Å². The molecule has 4 rings (SSSR count). The molecule has 0 unspecified atom stereocenters. The smallest absolute Gasteiger partial charge is 0.140 e. The van der Waals surface area contributed by atoms with Crippen molar-refractivity contribution in [2.24, 2.45) is 0 Å². The minimum Gasteiger partial charge on any atom is -0.383 e. The van der Waals surface area contributed by atoms with E-state index in [1.54, 1.807) is 52.0 Å². The van der Waals surface area contributed by atoms with E-state index in [-0.39, 0.29) is 33.6 Å². The van der Waals surface area contributed by atoms with E-state index in [0.717, 1.165) is 11.1 Å². The Hall–Kier alpha value is -3.32. The van der Waals surface area contributed by atoms with Crippen LogP contribution in [-0.2, 0) is 0 Å². The van der Waals surface area contributed by atoms with E-state index >= 15 is 0 Å². The fourth-order valence-corrected chi connectivity index (χ4v) is 3.56. The molecule has 0 spiro atoms. The van der Waals surface area contributed by atoms with Gasteiger partial charge in [0, 0.05) is 11.1 Å². The molecular weight excluding hydrogens is 390 g/mol. The minimum atomic E-state index is -1.31. The number of benzene rings is 2. The first kappa shape index (κ1) is 20.0. The molecule has 30 heavy (non-hydrogen) atoms. The van der Waals surface area contributed by atoms with Gasteiger partial charge in [-0.2, -0.15) is 0 Å². The first-order valence-corrected chi connectivity index (χ1v) is 9.41. The summed E-state index contributed by atoms with van der Waals surface area (Å²) < 4.78 is 39.8. The predicted molar refractivity (Wildman–Crippen MR) is 107 cm³/mol. The second kappa shape index (κ2) is 7.50. The monoisotopic (exact) mass is 410 g/mol. The average molecular weight is 410 g/mol. The molecule has 2 aromatic heterocycles. The molecule has 0 saturated heterocycles. The third kappa shape index (κ3) is 3.31. The van der Waals surface area contributed by atoms with Gasteiger partial charge >= 0.3 is 0 Å². The quantitative estimate of drug-likeness (QED) is 0.475. The highest BCUT2D eigenvalue weighted by molar-refractivity contribution is 5.70.